The van der Waals surface area contributed by atoms with E-state index in [9.17, 15) is 14.7 Å². The van der Waals surface area contributed by atoms with Gasteiger partial charge >= 0.3 is 5.97 Å². The van der Waals surface area contributed by atoms with Gasteiger partial charge in [0.1, 0.15) is 5.82 Å². The maximum atomic E-state index is 13.1. The third kappa shape index (κ3) is 3.98. The summed E-state index contributed by atoms with van der Waals surface area (Å²) in [5, 5.41) is 20.9. The fourth-order valence-corrected chi connectivity index (χ4v) is 5.15. The number of aliphatic carboxylic acids is 1. The Morgan fingerprint density at radius 1 is 1.15 bits per heavy atom. The van der Waals surface area contributed by atoms with Crippen molar-refractivity contribution in [3.63, 3.8) is 0 Å². The predicted molar refractivity (Wildman–Crippen MR) is 127 cm³/mol. The molecule has 2 aromatic rings. The Hall–Kier alpha value is -3.29. The summed E-state index contributed by atoms with van der Waals surface area (Å²) in [6.07, 6.45) is 7.74. The third-order valence-corrected chi connectivity index (χ3v) is 7.41. The Kier molecular flexibility index (Phi) is 6.19. The number of hydrogen-bond acceptors (Lipinski definition) is 6. The summed E-state index contributed by atoms with van der Waals surface area (Å²) in [5.41, 5.74) is -0.0143. The number of benzene rings is 1. The van der Waals surface area contributed by atoms with Gasteiger partial charge in [-0.05, 0) is 48.9 Å². The zero-order valence-electron chi connectivity index (χ0n) is 19.2. The molecule has 2 fully saturated rings. The SMILES string of the molecule is CC(C)[C@]1(C=N)CCN(c2ccnc(Nc3ccc(C4(C(=O)O)CCCCC4)cc3)n2)C1=O. The zero-order chi connectivity index (χ0) is 23.6. The van der Waals surface area contributed by atoms with Gasteiger partial charge in [0.05, 0.1) is 10.8 Å². The number of carboxylic acid groups (broad SMARTS) is 1. The average Bonchev–Trinajstić information content (AvgIpc) is 3.17. The molecule has 2 heterocycles. The Labute approximate surface area is 194 Å². The fourth-order valence-electron chi connectivity index (χ4n) is 5.15. The molecule has 1 aliphatic heterocycles. The number of hydrogen-bond donors (Lipinski definition) is 3. The maximum absolute atomic E-state index is 13.1. The van der Waals surface area contributed by atoms with Crippen LogP contribution in [0.4, 0.5) is 17.5 Å². The maximum Gasteiger partial charge on any atom is 0.314 e. The molecule has 4 rings (SSSR count). The molecule has 1 aliphatic carbocycles. The van der Waals surface area contributed by atoms with Crippen LogP contribution in [0.1, 0.15) is 57.9 Å². The van der Waals surface area contributed by atoms with Crippen molar-refractivity contribution in [2.75, 3.05) is 16.8 Å². The number of carboxylic acids is 1. The molecule has 0 bridgehead atoms. The molecular formula is C25H31N5O3. The first kappa shape index (κ1) is 22.9. The van der Waals surface area contributed by atoms with E-state index < -0.39 is 16.8 Å². The van der Waals surface area contributed by atoms with Crippen LogP contribution in [-0.4, -0.2) is 39.7 Å². The van der Waals surface area contributed by atoms with Crippen LogP contribution >= 0.6 is 0 Å². The molecule has 33 heavy (non-hydrogen) atoms. The van der Waals surface area contributed by atoms with E-state index in [2.05, 4.69) is 15.3 Å². The number of carbonyl (C=O) groups is 2. The lowest BCUT2D eigenvalue weighted by molar-refractivity contribution is -0.145. The van der Waals surface area contributed by atoms with E-state index in [4.69, 9.17) is 5.41 Å². The smallest absolute Gasteiger partial charge is 0.314 e. The molecular weight excluding hydrogens is 418 g/mol. The van der Waals surface area contributed by atoms with Crippen molar-refractivity contribution < 1.29 is 14.7 Å². The summed E-state index contributed by atoms with van der Waals surface area (Å²) in [7, 11) is 0. The predicted octanol–water partition coefficient (Wildman–Crippen LogP) is 4.54. The van der Waals surface area contributed by atoms with Crippen LogP contribution in [0.2, 0.25) is 0 Å². The van der Waals surface area contributed by atoms with Crippen molar-refractivity contribution in [1.82, 2.24) is 9.97 Å². The molecule has 1 aromatic heterocycles. The molecule has 0 spiro atoms. The van der Waals surface area contributed by atoms with E-state index in [1.165, 1.54) is 6.21 Å². The van der Waals surface area contributed by atoms with Crippen molar-refractivity contribution in [1.29, 1.82) is 5.41 Å². The highest BCUT2D eigenvalue weighted by Gasteiger charge is 2.48. The number of rotatable bonds is 7. The molecule has 1 aromatic carbocycles. The van der Waals surface area contributed by atoms with Gasteiger partial charge in [-0.2, -0.15) is 4.98 Å². The van der Waals surface area contributed by atoms with E-state index in [1.54, 1.807) is 17.2 Å². The summed E-state index contributed by atoms with van der Waals surface area (Å²) in [4.78, 5) is 35.6. The molecule has 0 unspecified atom stereocenters. The molecule has 174 valence electrons. The monoisotopic (exact) mass is 449 g/mol. The number of aromatic nitrogens is 2. The van der Waals surface area contributed by atoms with Gasteiger partial charge in [0.15, 0.2) is 0 Å². The second-order valence-corrected chi connectivity index (χ2v) is 9.43. The minimum Gasteiger partial charge on any atom is -0.481 e. The lowest BCUT2D eigenvalue weighted by Crippen LogP contribution is -2.39. The Morgan fingerprint density at radius 3 is 2.42 bits per heavy atom. The fraction of sp³-hybridized carbons (Fsp3) is 0.480. The topological polar surface area (TPSA) is 119 Å². The summed E-state index contributed by atoms with van der Waals surface area (Å²) in [6.45, 7) is 4.44. The molecule has 8 heteroatoms. The Balaban J connectivity index is 1.52. The van der Waals surface area contributed by atoms with Crippen LogP contribution in [0.3, 0.4) is 0 Å². The number of amides is 1. The largest absolute Gasteiger partial charge is 0.481 e. The molecule has 1 atom stereocenters. The molecule has 1 saturated carbocycles. The lowest BCUT2D eigenvalue weighted by Gasteiger charge is -2.33. The minimum atomic E-state index is -0.804. The quantitative estimate of drug-likeness (QED) is 0.534. The van der Waals surface area contributed by atoms with E-state index in [0.29, 0.717) is 37.6 Å². The van der Waals surface area contributed by atoms with Crippen LogP contribution in [0.25, 0.3) is 0 Å². The number of nitrogens with zero attached hydrogens (tertiary/aromatic N) is 3. The lowest BCUT2D eigenvalue weighted by atomic mass is 9.69. The van der Waals surface area contributed by atoms with Crippen molar-refractivity contribution in [2.45, 2.75) is 57.8 Å². The highest BCUT2D eigenvalue weighted by molar-refractivity contribution is 6.08. The highest BCUT2D eigenvalue weighted by Crippen LogP contribution is 2.41. The first-order chi connectivity index (χ1) is 15.8. The first-order valence-electron chi connectivity index (χ1n) is 11.6. The summed E-state index contributed by atoms with van der Waals surface area (Å²) in [5.74, 6) is 0.0365. The van der Waals surface area contributed by atoms with Crippen LogP contribution in [0.5, 0.6) is 0 Å². The van der Waals surface area contributed by atoms with Crippen molar-refractivity contribution >= 4 is 35.5 Å². The van der Waals surface area contributed by atoms with Gasteiger partial charge < -0.3 is 15.8 Å². The molecule has 2 aliphatic rings. The number of nitrogens with one attached hydrogen (secondary N) is 2. The normalized spacial score (nSPS) is 22.4. The Morgan fingerprint density at radius 2 is 1.85 bits per heavy atom. The van der Waals surface area contributed by atoms with Gasteiger partial charge in [-0.1, -0.05) is 45.2 Å². The molecule has 1 saturated heterocycles. The van der Waals surface area contributed by atoms with Crippen LogP contribution in [-0.2, 0) is 15.0 Å². The van der Waals surface area contributed by atoms with Crippen LogP contribution in [0, 0.1) is 16.7 Å². The minimum absolute atomic E-state index is 0.0312. The Bertz CT molecular complexity index is 1050. The molecule has 3 N–H and O–H groups in total. The van der Waals surface area contributed by atoms with Crippen LogP contribution < -0.4 is 10.2 Å². The first-order valence-corrected chi connectivity index (χ1v) is 11.6. The van der Waals surface area contributed by atoms with Gasteiger partial charge in [0, 0.05) is 24.6 Å². The van der Waals surface area contributed by atoms with E-state index >= 15 is 0 Å². The van der Waals surface area contributed by atoms with E-state index in [0.717, 1.165) is 30.5 Å². The molecule has 0 radical (unpaired) electrons. The van der Waals surface area contributed by atoms with E-state index in [-0.39, 0.29) is 11.8 Å². The van der Waals surface area contributed by atoms with Gasteiger partial charge in [0.25, 0.3) is 0 Å². The third-order valence-electron chi connectivity index (χ3n) is 7.41. The second-order valence-electron chi connectivity index (χ2n) is 9.43. The standard InChI is InChI=1S/C25H31N5O3/c1-17(2)25(16-26)13-15-30(21(25)31)20-10-14-27-23(29-20)28-19-8-6-18(7-9-19)24(22(32)33)11-4-3-5-12-24/h6-10,14,16-17,26H,3-5,11-13,15H2,1-2H3,(H,32,33)(H,27,28,29)/t25-/m1/s1. The van der Waals surface area contributed by atoms with Gasteiger partial charge in [-0.25, -0.2) is 4.98 Å². The summed E-state index contributed by atoms with van der Waals surface area (Å²) < 4.78 is 0. The summed E-state index contributed by atoms with van der Waals surface area (Å²) in [6, 6.07) is 9.15. The van der Waals surface area contributed by atoms with Crippen molar-refractivity contribution in [3.05, 3.63) is 42.1 Å². The molecule has 8 nitrogen and oxygen atoms in total. The average molecular weight is 450 g/mol. The second kappa shape index (κ2) is 8.92. The summed E-state index contributed by atoms with van der Waals surface area (Å²) >= 11 is 0. The number of carbonyl (C=O) groups excluding carboxylic acids is 1. The van der Waals surface area contributed by atoms with Gasteiger partial charge in [-0.15, -0.1) is 0 Å². The zero-order valence-corrected chi connectivity index (χ0v) is 19.2. The van der Waals surface area contributed by atoms with Gasteiger partial charge in [0.2, 0.25) is 11.9 Å². The van der Waals surface area contributed by atoms with E-state index in [1.807, 2.05) is 38.1 Å². The number of anilines is 3. The van der Waals surface area contributed by atoms with Crippen molar-refractivity contribution in [2.24, 2.45) is 11.3 Å². The van der Waals surface area contributed by atoms with Crippen LogP contribution in [0.15, 0.2) is 36.5 Å². The highest BCUT2D eigenvalue weighted by atomic mass is 16.4. The van der Waals surface area contributed by atoms with Crippen molar-refractivity contribution in [3.8, 4) is 0 Å². The molecule has 1 amide bonds. The van der Waals surface area contributed by atoms with Gasteiger partial charge in [-0.3, -0.25) is 14.5 Å².